The molecule has 2 rings (SSSR count). The minimum Gasteiger partial charge on any atom is -0.317 e. The minimum absolute atomic E-state index is 0.471. The van der Waals surface area contributed by atoms with Gasteiger partial charge in [0.2, 0.25) is 0 Å². The van der Waals surface area contributed by atoms with Crippen LogP contribution in [-0.4, -0.2) is 30.6 Å². The molecule has 1 aliphatic heterocycles. The summed E-state index contributed by atoms with van der Waals surface area (Å²) in [5, 5.41) is 4.31. The Morgan fingerprint density at radius 2 is 2.00 bits per heavy atom. The molecule has 1 N–H and O–H groups in total. The van der Waals surface area contributed by atoms with Crippen molar-refractivity contribution in [1.29, 1.82) is 0 Å². The molecule has 3 heteroatoms. The molecular weight excluding hydrogens is 280 g/mol. The Balaban J connectivity index is 2.13. The molecule has 1 atom stereocenters. The summed E-state index contributed by atoms with van der Waals surface area (Å²) in [5.41, 5.74) is 1.35. The summed E-state index contributed by atoms with van der Waals surface area (Å²) in [6.45, 7) is 10.4. The lowest BCUT2D eigenvalue weighted by Crippen LogP contribution is -2.41. The lowest BCUT2D eigenvalue weighted by molar-refractivity contribution is 0.113. The molecule has 0 aromatic heterocycles. The van der Waals surface area contributed by atoms with Crippen molar-refractivity contribution in [3.63, 3.8) is 0 Å². The van der Waals surface area contributed by atoms with Crippen LogP contribution in [-0.2, 0) is 0 Å². The van der Waals surface area contributed by atoms with Gasteiger partial charge >= 0.3 is 0 Å². The second-order valence-electron chi connectivity index (χ2n) is 6.46. The Labute approximate surface area is 134 Å². The van der Waals surface area contributed by atoms with Crippen LogP contribution in [0.2, 0.25) is 5.02 Å². The van der Waals surface area contributed by atoms with E-state index >= 15 is 0 Å². The van der Waals surface area contributed by atoms with Crippen LogP contribution in [0.5, 0.6) is 0 Å². The number of benzene rings is 1. The first-order chi connectivity index (χ1) is 10.1. The first-order valence-corrected chi connectivity index (χ1v) is 8.71. The molecule has 0 saturated carbocycles. The third-order valence-electron chi connectivity index (χ3n) is 4.61. The molecule has 2 nitrogen and oxygen atoms in total. The fraction of sp³-hybridized carbons (Fsp3) is 0.667. The van der Waals surface area contributed by atoms with Gasteiger partial charge in [0.1, 0.15) is 0 Å². The van der Waals surface area contributed by atoms with Crippen molar-refractivity contribution in [2.75, 3.05) is 19.6 Å². The molecule has 118 valence electrons. The van der Waals surface area contributed by atoms with Crippen molar-refractivity contribution in [2.24, 2.45) is 5.92 Å². The van der Waals surface area contributed by atoms with E-state index in [4.69, 9.17) is 11.6 Å². The Morgan fingerprint density at radius 3 is 2.57 bits per heavy atom. The fourth-order valence-corrected chi connectivity index (χ4v) is 3.63. The molecule has 1 aromatic carbocycles. The Morgan fingerprint density at radius 1 is 1.29 bits per heavy atom. The van der Waals surface area contributed by atoms with E-state index < -0.39 is 0 Å². The maximum Gasteiger partial charge on any atom is 0.0409 e. The highest BCUT2D eigenvalue weighted by molar-refractivity contribution is 6.30. The zero-order valence-corrected chi connectivity index (χ0v) is 14.4. The van der Waals surface area contributed by atoms with E-state index in [0.717, 1.165) is 17.4 Å². The van der Waals surface area contributed by atoms with Crippen molar-refractivity contribution in [3.05, 3.63) is 34.9 Å². The summed E-state index contributed by atoms with van der Waals surface area (Å²) < 4.78 is 0. The highest BCUT2D eigenvalue weighted by Crippen LogP contribution is 2.30. The molecule has 0 radical (unpaired) electrons. The number of halogens is 1. The summed E-state index contributed by atoms with van der Waals surface area (Å²) in [6.07, 6.45) is 3.73. The summed E-state index contributed by atoms with van der Waals surface area (Å²) >= 11 is 6.20. The summed E-state index contributed by atoms with van der Waals surface area (Å²) in [4.78, 5) is 2.67. The number of nitrogens with zero attached hydrogens (tertiary/aromatic N) is 1. The van der Waals surface area contributed by atoms with E-state index in [0.29, 0.717) is 12.1 Å². The molecule has 0 spiro atoms. The van der Waals surface area contributed by atoms with Crippen LogP contribution >= 0.6 is 11.6 Å². The maximum atomic E-state index is 6.20. The van der Waals surface area contributed by atoms with Crippen molar-refractivity contribution < 1.29 is 0 Å². The first kappa shape index (κ1) is 16.8. The van der Waals surface area contributed by atoms with E-state index in [2.05, 4.69) is 49.2 Å². The average molecular weight is 309 g/mol. The zero-order valence-electron chi connectivity index (χ0n) is 13.6. The van der Waals surface area contributed by atoms with E-state index in [9.17, 15) is 0 Å². The van der Waals surface area contributed by atoms with Gasteiger partial charge in [-0.05, 0) is 69.8 Å². The van der Waals surface area contributed by atoms with Gasteiger partial charge in [-0.1, -0.05) is 30.7 Å². The standard InChI is InChI=1S/C18H29ClN2/c1-4-18(16-6-5-7-17(19)12-16)21(14(2)3)13-15-8-10-20-11-9-15/h5-7,12,14-15,18,20H,4,8-11,13H2,1-3H3. The molecule has 1 unspecified atom stereocenters. The first-order valence-electron chi connectivity index (χ1n) is 8.33. The van der Waals surface area contributed by atoms with Crippen LogP contribution in [0.15, 0.2) is 24.3 Å². The highest BCUT2D eigenvalue weighted by atomic mass is 35.5. The van der Waals surface area contributed by atoms with Crippen molar-refractivity contribution >= 4 is 11.6 Å². The van der Waals surface area contributed by atoms with Gasteiger partial charge in [0.25, 0.3) is 0 Å². The van der Waals surface area contributed by atoms with Crippen molar-refractivity contribution in [1.82, 2.24) is 10.2 Å². The monoisotopic (exact) mass is 308 g/mol. The van der Waals surface area contributed by atoms with E-state index in [-0.39, 0.29) is 0 Å². The predicted molar refractivity (Wildman–Crippen MR) is 91.9 cm³/mol. The molecule has 0 bridgehead atoms. The molecule has 21 heavy (non-hydrogen) atoms. The van der Waals surface area contributed by atoms with Gasteiger partial charge in [0.05, 0.1) is 0 Å². The van der Waals surface area contributed by atoms with Crippen molar-refractivity contribution in [3.8, 4) is 0 Å². The molecule has 0 amide bonds. The molecule has 1 saturated heterocycles. The lowest BCUT2D eigenvalue weighted by Gasteiger charge is -2.38. The van der Waals surface area contributed by atoms with Gasteiger partial charge in [0.15, 0.2) is 0 Å². The van der Waals surface area contributed by atoms with Gasteiger partial charge in [-0.25, -0.2) is 0 Å². The second-order valence-corrected chi connectivity index (χ2v) is 6.90. The van der Waals surface area contributed by atoms with Gasteiger partial charge in [-0.2, -0.15) is 0 Å². The molecule has 0 aliphatic carbocycles. The van der Waals surface area contributed by atoms with Gasteiger partial charge in [0, 0.05) is 23.7 Å². The van der Waals surface area contributed by atoms with Crippen LogP contribution in [0.3, 0.4) is 0 Å². The quantitative estimate of drug-likeness (QED) is 0.832. The van der Waals surface area contributed by atoms with Crippen LogP contribution in [0.4, 0.5) is 0 Å². The highest BCUT2D eigenvalue weighted by Gasteiger charge is 2.25. The number of hydrogen-bond donors (Lipinski definition) is 1. The van der Waals surface area contributed by atoms with Crippen LogP contribution in [0.25, 0.3) is 0 Å². The van der Waals surface area contributed by atoms with E-state index in [1.165, 1.54) is 38.0 Å². The van der Waals surface area contributed by atoms with Gasteiger partial charge in [-0.3, -0.25) is 4.90 Å². The molecule has 1 fully saturated rings. The fourth-order valence-electron chi connectivity index (χ4n) is 3.44. The lowest BCUT2D eigenvalue weighted by atomic mass is 9.94. The number of rotatable bonds is 6. The Hall–Kier alpha value is -0.570. The van der Waals surface area contributed by atoms with Crippen LogP contribution in [0, 0.1) is 5.92 Å². The predicted octanol–water partition coefficient (Wildman–Crippen LogP) is 4.50. The largest absolute Gasteiger partial charge is 0.317 e. The SMILES string of the molecule is CCC(c1cccc(Cl)c1)N(CC1CCNCC1)C(C)C. The van der Waals surface area contributed by atoms with Crippen LogP contribution in [0.1, 0.15) is 51.6 Å². The summed E-state index contributed by atoms with van der Waals surface area (Å²) in [6, 6.07) is 9.42. The molecule has 1 heterocycles. The third-order valence-corrected chi connectivity index (χ3v) is 4.85. The second kappa shape index (κ2) is 8.17. The number of piperidine rings is 1. The van der Waals surface area contributed by atoms with E-state index in [1.807, 2.05) is 6.07 Å². The normalized spacial score (nSPS) is 18.4. The zero-order chi connectivity index (χ0) is 15.2. The van der Waals surface area contributed by atoms with Crippen molar-refractivity contribution in [2.45, 2.75) is 52.1 Å². The average Bonchev–Trinajstić information content (AvgIpc) is 2.48. The Kier molecular flexibility index (Phi) is 6.53. The smallest absolute Gasteiger partial charge is 0.0409 e. The molecule has 1 aliphatic rings. The third kappa shape index (κ3) is 4.70. The van der Waals surface area contributed by atoms with Gasteiger partial charge < -0.3 is 5.32 Å². The summed E-state index contributed by atoms with van der Waals surface area (Å²) in [7, 11) is 0. The number of hydrogen-bond acceptors (Lipinski definition) is 2. The van der Waals surface area contributed by atoms with Crippen LogP contribution < -0.4 is 5.32 Å². The molecule has 1 aromatic rings. The number of nitrogens with one attached hydrogen (secondary N) is 1. The summed E-state index contributed by atoms with van der Waals surface area (Å²) in [5.74, 6) is 0.821. The van der Waals surface area contributed by atoms with Gasteiger partial charge in [-0.15, -0.1) is 0 Å². The minimum atomic E-state index is 0.471. The maximum absolute atomic E-state index is 6.20. The molecular formula is C18H29ClN2. The topological polar surface area (TPSA) is 15.3 Å². The Bertz CT molecular complexity index is 427. The van der Waals surface area contributed by atoms with E-state index in [1.54, 1.807) is 0 Å².